The molecule has 0 fully saturated rings. The Morgan fingerprint density at radius 2 is 1.95 bits per heavy atom. The van der Waals surface area contributed by atoms with Gasteiger partial charge in [0.15, 0.2) is 0 Å². The van der Waals surface area contributed by atoms with E-state index in [1.807, 2.05) is 18.2 Å². The van der Waals surface area contributed by atoms with Gasteiger partial charge in [-0.25, -0.2) is 4.98 Å². The van der Waals surface area contributed by atoms with Crippen molar-refractivity contribution in [3.05, 3.63) is 52.8 Å². The van der Waals surface area contributed by atoms with Gasteiger partial charge in [-0.2, -0.15) is 0 Å². The molecule has 0 aliphatic heterocycles. The van der Waals surface area contributed by atoms with E-state index in [9.17, 15) is 4.79 Å². The Morgan fingerprint density at radius 3 is 2.59 bits per heavy atom. The number of carbonyl (C=O) groups excluding carboxylic acids is 1. The van der Waals surface area contributed by atoms with Gasteiger partial charge in [0.25, 0.3) is 0 Å². The predicted molar refractivity (Wildman–Crippen MR) is 91.1 cm³/mol. The van der Waals surface area contributed by atoms with Crippen LogP contribution in [0, 0.1) is 0 Å². The number of hydrogen-bond donors (Lipinski definition) is 1. The number of anilines is 1. The highest BCUT2D eigenvalue weighted by Gasteiger charge is 2.03. The molecule has 2 aromatic rings. The van der Waals surface area contributed by atoms with E-state index in [0.29, 0.717) is 6.42 Å². The third kappa shape index (κ3) is 5.48. The van der Waals surface area contributed by atoms with Crippen molar-refractivity contribution in [2.24, 2.45) is 0 Å². The molecule has 2 rings (SSSR count). The molecule has 0 bridgehead atoms. The van der Waals surface area contributed by atoms with Crippen molar-refractivity contribution in [1.82, 2.24) is 4.98 Å². The average Bonchev–Trinajstić information content (AvgIpc) is 2.54. The molecule has 0 atom stereocenters. The van der Waals surface area contributed by atoms with Gasteiger partial charge in [0.05, 0.1) is 19.0 Å². The number of methoxy groups -OCH3 is 1. The van der Waals surface area contributed by atoms with E-state index in [1.54, 1.807) is 19.4 Å². The molecular formula is C17H19BrN2O2. The number of aryl methyl sites for hydroxylation is 1. The summed E-state index contributed by atoms with van der Waals surface area (Å²) in [6, 6.07) is 11.7. The van der Waals surface area contributed by atoms with Gasteiger partial charge in [0, 0.05) is 6.42 Å². The van der Waals surface area contributed by atoms with Gasteiger partial charge in [0.2, 0.25) is 5.91 Å². The zero-order valence-electron chi connectivity index (χ0n) is 12.5. The average molecular weight is 363 g/mol. The topological polar surface area (TPSA) is 51.2 Å². The van der Waals surface area contributed by atoms with Gasteiger partial charge in [-0.3, -0.25) is 4.79 Å². The summed E-state index contributed by atoms with van der Waals surface area (Å²) < 4.78 is 5.88. The fraction of sp³-hybridized carbons (Fsp3) is 0.294. The molecule has 4 nitrogen and oxygen atoms in total. The highest BCUT2D eigenvalue weighted by molar-refractivity contribution is 9.10. The lowest BCUT2D eigenvalue weighted by Crippen LogP contribution is -2.11. The third-order valence-corrected chi connectivity index (χ3v) is 3.76. The lowest BCUT2D eigenvalue weighted by atomic mass is 10.1. The number of benzene rings is 1. The number of rotatable bonds is 7. The SMILES string of the molecule is COc1ccc(CCCCC(=O)Nc2ccc(Br)nc2)cc1. The number of halogens is 1. The highest BCUT2D eigenvalue weighted by atomic mass is 79.9. The Bertz CT molecular complexity index is 597. The molecule has 1 aromatic heterocycles. The smallest absolute Gasteiger partial charge is 0.224 e. The number of hydrogen-bond acceptors (Lipinski definition) is 3. The minimum absolute atomic E-state index is 0.0267. The molecule has 1 heterocycles. The largest absolute Gasteiger partial charge is 0.497 e. The van der Waals surface area contributed by atoms with Crippen molar-refractivity contribution < 1.29 is 9.53 Å². The van der Waals surface area contributed by atoms with Crippen LogP contribution in [0.3, 0.4) is 0 Å². The van der Waals surface area contributed by atoms with E-state index < -0.39 is 0 Å². The van der Waals surface area contributed by atoms with Crippen molar-refractivity contribution in [2.45, 2.75) is 25.7 Å². The van der Waals surface area contributed by atoms with Crippen LogP contribution in [0.4, 0.5) is 5.69 Å². The van der Waals surface area contributed by atoms with Crippen LogP contribution in [0.25, 0.3) is 0 Å². The van der Waals surface area contributed by atoms with E-state index in [2.05, 4.69) is 38.4 Å². The number of ether oxygens (including phenoxy) is 1. The summed E-state index contributed by atoms with van der Waals surface area (Å²) in [5.41, 5.74) is 1.99. The normalized spacial score (nSPS) is 10.3. The predicted octanol–water partition coefficient (Wildman–Crippen LogP) is 4.20. The minimum Gasteiger partial charge on any atom is -0.497 e. The van der Waals surface area contributed by atoms with Crippen LogP contribution >= 0.6 is 15.9 Å². The van der Waals surface area contributed by atoms with Crippen molar-refractivity contribution >= 4 is 27.5 Å². The second-order valence-corrected chi connectivity index (χ2v) is 5.79. The van der Waals surface area contributed by atoms with Crippen LogP contribution in [0.2, 0.25) is 0 Å². The summed E-state index contributed by atoms with van der Waals surface area (Å²) in [5.74, 6) is 0.894. The maximum absolute atomic E-state index is 11.8. The molecular weight excluding hydrogens is 344 g/mol. The number of aromatic nitrogens is 1. The molecule has 0 spiro atoms. The maximum Gasteiger partial charge on any atom is 0.224 e. The van der Waals surface area contributed by atoms with Crippen molar-refractivity contribution in [2.75, 3.05) is 12.4 Å². The van der Waals surface area contributed by atoms with Crippen LogP contribution in [0.1, 0.15) is 24.8 Å². The summed E-state index contributed by atoms with van der Waals surface area (Å²) in [6.07, 6.45) is 4.98. The van der Waals surface area contributed by atoms with Crippen molar-refractivity contribution in [1.29, 1.82) is 0 Å². The Morgan fingerprint density at radius 1 is 1.18 bits per heavy atom. The van der Waals surface area contributed by atoms with Crippen LogP contribution in [-0.2, 0) is 11.2 Å². The maximum atomic E-state index is 11.8. The van der Waals surface area contributed by atoms with Crippen LogP contribution in [-0.4, -0.2) is 18.0 Å². The fourth-order valence-electron chi connectivity index (χ4n) is 2.08. The van der Waals surface area contributed by atoms with E-state index >= 15 is 0 Å². The Balaban J connectivity index is 1.67. The molecule has 0 radical (unpaired) electrons. The van der Waals surface area contributed by atoms with E-state index in [0.717, 1.165) is 35.3 Å². The molecule has 0 saturated carbocycles. The molecule has 1 amide bonds. The Hall–Kier alpha value is -1.88. The molecule has 0 aliphatic carbocycles. The third-order valence-electron chi connectivity index (χ3n) is 3.29. The highest BCUT2D eigenvalue weighted by Crippen LogP contribution is 2.14. The monoisotopic (exact) mass is 362 g/mol. The first-order valence-electron chi connectivity index (χ1n) is 7.22. The molecule has 116 valence electrons. The lowest BCUT2D eigenvalue weighted by molar-refractivity contribution is -0.116. The molecule has 1 aromatic carbocycles. The number of nitrogens with one attached hydrogen (secondary N) is 1. The molecule has 0 saturated heterocycles. The Kier molecular flexibility index (Phi) is 6.40. The summed E-state index contributed by atoms with van der Waals surface area (Å²) in [7, 11) is 1.66. The van der Waals surface area contributed by atoms with Crippen LogP contribution < -0.4 is 10.1 Å². The number of amides is 1. The molecule has 0 unspecified atom stereocenters. The van der Waals surface area contributed by atoms with Crippen molar-refractivity contribution in [3.8, 4) is 5.75 Å². The first kappa shape index (κ1) is 16.5. The van der Waals surface area contributed by atoms with Gasteiger partial charge in [-0.15, -0.1) is 0 Å². The van der Waals surface area contributed by atoms with Gasteiger partial charge in [-0.05, 0) is 65.0 Å². The van der Waals surface area contributed by atoms with Gasteiger partial charge < -0.3 is 10.1 Å². The quantitative estimate of drug-likeness (QED) is 0.592. The lowest BCUT2D eigenvalue weighted by Gasteiger charge is -2.05. The number of nitrogens with zero attached hydrogens (tertiary/aromatic N) is 1. The molecule has 1 N–H and O–H groups in total. The first-order valence-corrected chi connectivity index (χ1v) is 8.01. The molecule has 22 heavy (non-hydrogen) atoms. The Labute approximate surface area is 139 Å². The second kappa shape index (κ2) is 8.54. The number of carbonyl (C=O) groups is 1. The summed E-state index contributed by atoms with van der Waals surface area (Å²) in [6.45, 7) is 0. The fourth-order valence-corrected chi connectivity index (χ4v) is 2.31. The molecule has 5 heteroatoms. The minimum atomic E-state index is 0.0267. The summed E-state index contributed by atoms with van der Waals surface area (Å²) >= 11 is 3.26. The van der Waals surface area contributed by atoms with Crippen LogP contribution in [0.15, 0.2) is 47.2 Å². The van der Waals surface area contributed by atoms with Gasteiger partial charge >= 0.3 is 0 Å². The zero-order chi connectivity index (χ0) is 15.8. The van der Waals surface area contributed by atoms with Crippen molar-refractivity contribution in [3.63, 3.8) is 0 Å². The summed E-state index contributed by atoms with van der Waals surface area (Å²) in [5, 5.41) is 2.84. The standard InChI is InChI=1S/C17H19BrN2O2/c1-22-15-9-6-13(7-10-15)4-2-3-5-17(21)20-14-8-11-16(18)19-12-14/h6-12H,2-5H2,1H3,(H,20,21). The first-order chi connectivity index (χ1) is 10.7. The van der Waals surface area contributed by atoms with E-state index in [-0.39, 0.29) is 5.91 Å². The van der Waals surface area contributed by atoms with E-state index in [1.165, 1.54) is 5.56 Å². The van der Waals surface area contributed by atoms with Gasteiger partial charge in [0.1, 0.15) is 10.4 Å². The number of pyridine rings is 1. The summed E-state index contributed by atoms with van der Waals surface area (Å²) in [4.78, 5) is 15.9. The second-order valence-electron chi connectivity index (χ2n) is 4.97. The van der Waals surface area contributed by atoms with Gasteiger partial charge in [-0.1, -0.05) is 12.1 Å². The van der Waals surface area contributed by atoms with E-state index in [4.69, 9.17) is 4.74 Å². The van der Waals surface area contributed by atoms with Crippen LogP contribution in [0.5, 0.6) is 5.75 Å². The zero-order valence-corrected chi connectivity index (χ0v) is 14.1. The number of unbranched alkanes of at least 4 members (excludes halogenated alkanes) is 1. The molecule has 0 aliphatic rings.